The third-order valence-corrected chi connectivity index (χ3v) is 3.01. The summed E-state index contributed by atoms with van der Waals surface area (Å²) in [5, 5.41) is 2.57. The minimum absolute atomic E-state index is 0.179. The Labute approximate surface area is 126 Å². The lowest BCUT2D eigenvalue weighted by Crippen LogP contribution is -2.17. The highest BCUT2D eigenvalue weighted by molar-refractivity contribution is 5.94. The van der Waals surface area contributed by atoms with Crippen molar-refractivity contribution in [1.29, 1.82) is 0 Å². The third kappa shape index (κ3) is 2.80. The van der Waals surface area contributed by atoms with E-state index in [1.54, 1.807) is 49.8 Å². The van der Waals surface area contributed by atoms with Crippen LogP contribution < -0.4 is 10.1 Å². The van der Waals surface area contributed by atoms with Crippen molar-refractivity contribution in [2.45, 2.75) is 0 Å². The molecule has 1 aromatic carbocycles. The fourth-order valence-corrected chi connectivity index (χ4v) is 1.97. The summed E-state index contributed by atoms with van der Waals surface area (Å²) in [7, 11) is 1.58. The first-order chi connectivity index (χ1) is 10.8. The molecular weight excluding hydrogens is 282 g/mol. The summed E-state index contributed by atoms with van der Waals surface area (Å²) < 4.78 is 11.1. The number of carbonyl (C=O) groups is 1. The van der Waals surface area contributed by atoms with E-state index in [1.165, 1.54) is 6.39 Å². The van der Waals surface area contributed by atoms with Crippen molar-refractivity contribution in [3.05, 3.63) is 60.7 Å². The van der Waals surface area contributed by atoms with Crippen molar-refractivity contribution < 1.29 is 13.9 Å². The standard InChI is InChI=1S/C16H13N3O3/c1-17-15(20)11-4-2-5-12(8-11)22-16-13(6-3-7-19-16)14-9-18-10-21-14/h2-10H,1H3,(H,17,20). The zero-order valence-corrected chi connectivity index (χ0v) is 11.8. The Hall–Kier alpha value is -3.15. The number of hydrogen-bond acceptors (Lipinski definition) is 5. The molecule has 0 atom stereocenters. The smallest absolute Gasteiger partial charge is 0.251 e. The van der Waals surface area contributed by atoms with Crippen LogP contribution in [0.2, 0.25) is 0 Å². The van der Waals surface area contributed by atoms with Gasteiger partial charge in [0.05, 0.1) is 11.8 Å². The Balaban J connectivity index is 1.93. The van der Waals surface area contributed by atoms with Gasteiger partial charge in [-0.15, -0.1) is 0 Å². The highest BCUT2D eigenvalue weighted by atomic mass is 16.5. The molecule has 6 nitrogen and oxygen atoms in total. The molecule has 0 aliphatic heterocycles. The molecule has 3 rings (SSSR count). The monoisotopic (exact) mass is 295 g/mol. The molecule has 1 N–H and O–H groups in total. The first-order valence-corrected chi connectivity index (χ1v) is 6.62. The van der Waals surface area contributed by atoms with Crippen molar-refractivity contribution in [1.82, 2.24) is 15.3 Å². The Bertz CT molecular complexity index is 785. The summed E-state index contributed by atoms with van der Waals surface area (Å²) in [4.78, 5) is 19.8. The largest absolute Gasteiger partial charge is 0.443 e. The van der Waals surface area contributed by atoms with Gasteiger partial charge in [0.1, 0.15) is 5.75 Å². The van der Waals surface area contributed by atoms with Crippen molar-refractivity contribution in [2.24, 2.45) is 0 Å². The van der Waals surface area contributed by atoms with Gasteiger partial charge in [0.25, 0.3) is 5.91 Å². The lowest BCUT2D eigenvalue weighted by Gasteiger charge is -2.09. The first-order valence-electron chi connectivity index (χ1n) is 6.62. The number of benzene rings is 1. The number of carbonyl (C=O) groups excluding carboxylic acids is 1. The fourth-order valence-electron chi connectivity index (χ4n) is 1.97. The molecule has 22 heavy (non-hydrogen) atoms. The van der Waals surface area contributed by atoms with Gasteiger partial charge in [0.2, 0.25) is 5.88 Å². The predicted octanol–water partition coefficient (Wildman–Crippen LogP) is 2.89. The average Bonchev–Trinajstić information content (AvgIpc) is 3.09. The molecule has 0 saturated carbocycles. The van der Waals surface area contributed by atoms with Crippen LogP contribution in [0.15, 0.2) is 59.6 Å². The van der Waals surface area contributed by atoms with Crippen LogP contribution in [-0.2, 0) is 0 Å². The number of ether oxygens (including phenoxy) is 1. The first kappa shape index (κ1) is 13.8. The van der Waals surface area contributed by atoms with Gasteiger partial charge < -0.3 is 14.5 Å². The van der Waals surface area contributed by atoms with Crippen LogP contribution in [0.3, 0.4) is 0 Å². The van der Waals surface area contributed by atoms with E-state index in [0.29, 0.717) is 28.5 Å². The van der Waals surface area contributed by atoms with Crippen LogP contribution in [0, 0.1) is 0 Å². The lowest BCUT2D eigenvalue weighted by atomic mass is 10.2. The predicted molar refractivity (Wildman–Crippen MR) is 79.6 cm³/mol. The topological polar surface area (TPSA) is 77.2 Å². The number of aromatic nitrogens is 2. The summed E-state index contributed by atoms with van der Waals surface area (Å²) in [6.07, 6.45) is 4.56. The minimum Gasteiger partial charge on any atom is -0.443 e. The van der Waals surface area contributed by atoms with Crippen molar-refractivity contribution >= 4 is 5.91 Å². The molecule has 0 aliphatic rings. The normalized spacial score (nSPS) is 10.2. The number of nitrogens with zero attached hydrogens (tertiary/aromatic N) is 2. The van der Waals surface area contributed by atoms with E-state index < -0.39 is 0 Å². The Morgan fingerprint density at radius 2 is 2.18 bits per heavy atom. The van der Waals surface area contributed by atoms with Gasteiger partial charge in [-0.3, -0.25) is 4.79 Å². The Morgan fingerprint density at radius 3 is 2.95 bits per heavy atom. The van der Waals surface area contributed by atoms with Crippen molar-refractivity contribution in [3.8, 4) is 23.0 Å². The number of nitrogens with one attached hydrogen (secondary N) is 1. The molecule has 0 bridgehead atoms. The molecule has 0 unspecified atom stereocenters. The molecule has 110 valence electrons. The fraction of sp³-hybridized carbons (Fsp3) is 0.0625. The quantitative estimate of drug-likeness (QED) is 0.800. The van der Waals surface area contributed by atoms with E-state index >= 15 is 0 Å². The highest BCUT2D eigenvalue weighted by Gasteiger charge is 2.12. The van der Waals surface area contributed by atoms with Gasteiger partial charge >= 0.3 is 0 Å². The zero-order chi connectivity index (χ0) is 15.4. The molecule has 0 radical (unpaired) electrons. The van der Waals surface area contributed by atoms with Crippen LogP contribution >= 0.6 is 0 Å². The zero-order valence-electron chi connectivity index (χ0n) is 11.8. The maximum atomic E-state index is 11.7. The van der Waals surface area contributed by atoms with E-state index in [4.69, 9.17) is 9.15 Å². The third-order valence-electron chi connectivity index (χ3n) is 3.01. The van der Waals surface area contributed by atoms with E-state index in [9.17, 15) is 4.79 Å². The van der Waals surface area contributed by atoms with Gasteiger partial charge in [0, 0.05) is 18.8 Å². The molecule has 0 fully saturated rings. The van der Waals surface area contributed by atoms with Crippen LogP contribution in [0.5, 0.6) is 11.6 Å². The van der Waals surface area contributed by atoms with Gasteiger partial charge in [-0.05, 0) is 30.3 Å². The number of amides is 1. The number of oxazole rings is 1. The summed E-state index contributed by atoms with van der Waals surface area (Å²) in [5.41, 5.74) is 1.20. The number of rotatable bonds is 4. The van der Waals surface area contributed by atoms with Gasteiger partial charge in [-0.25, -0.2) is 9.97 Å². The second-order valence-corrected chi connectivity index (χ2v) is 4.43. The molecule has 1 amide bonds. The summed E-state index contributed by atoms with van der Waals surface area (Å²) in [5.74, 6) is 1.28. The molecule has 2 heterocycles. The Morgan fingerprint density at radius 1 is 1.27 bits per heavy atom. The van der Waals surface area contributed by atoms with Gasteiger partial charge in [-0.1, -0.05) is 6.07 Å². The highest BCUT2D eigenvalue weighted by Crippen LogP contribution is 2.31. The van der Waals surface area contributed by atoms with Crippen molar-refractivity contribution in [2.75, 3.05) is 7.05 Å². The second kappa shape index (κ2) is 6.09. The van der Waals surface area contributed by atoms with E-state index in [-0.39, 0.29) is 5.91 Å². The van der Waals surface area contributed by atoms with Gasteiger partial charge in [-0.2, -0.15) is 0 Å². The molecule has 0 saturated heterocycles. The van der Waals surface area contributed by atoms with Crippen LogP contribution in [0.1, 0.15) is 10.4 Å². The van der Waals surface area contributed by atoms with Crippen LogP contribution in [0.25, 0.3) is 11.3 Å². The summed E-state index contributed by atoms with van der Waals surface area (Å²) in [6.45, 7) is 0. The molecule has 0 aliphatic carbocycles. The second-order valence-electron chi connectivity index (χ2n) is 4.43. The maximum Gasteiger partial charge on any atom is 0.251 e. The maximum absolute atomic E-state index is 11.7. The molecule has 3 aromatic rings. The van der Waals surface area contributed by atoms with Crippen LogP contribution in [-0.4, -0.2) is 22.9 Å². The van der Waals surface area contributed by atoms with Crippen molar-refractivity contribution in [3.63, 3.8) is 0 Å². The van der Waals surface area contributed by atoms with Crippen LogP contribution in [0.4, 0.5) is 0 Å². The lowest BCUT2D eigenvalue weighted by molar-refractivity contribution is 0.0963. The summed E-state index contributed by atoms with van der Waals surface area (Å²) >= 11 is 0. The van der Waals surface area contributed by atoms with E-state index in [1.807, 2.05) is 6.07 Å². The summed E-state index contributed by atoms with van der Waals surface area (Å²) in [6, 6.07) is 10.5. The molecule has 2 aromatic heterocycles. The van der Waals surface area contributed by atoms with E-state index in [0.717, 1.165) is 0 Å². The molecular formula is C16H13N3O3. The average molecular weight is 295 g/mol. The minimum atomic E-state index is -0.179. The Kier molecular flexibility index (Phi) is 3.82. The SMILES string of the molecule is CNC(=O)c1cccc(Oc2ncccc2-c2cnco2)c1. The molecule has 6 heteroatoms. The number of pyridine rings is 1. The van der Waals surface area contributed by atoms with Gasteiger partial charge in [0.15, 0.2) is 12.2 Å². The molecule has 0 spiro atoms. The number of hydrogen-bond donors (Lipinski definition) is 1. The van der Waals surface area contributed by atoms with E-state index in [2.05, 4.69) is 15.3 Å².